The lowest BCUT2D eigenvalue weighted by molar-refractivity contribution is -0.580. The van der Waals surface area contributed by atoms with Crippen LogP contribution in [0, 0.1) is 0 Å². The summed E-state index contributed by atoms with van der Waals surface area (Å²) >= 11 is 0. The van der Waals surface area contributed by atoms with Crippen molar-refractivity contribution in [3.8, 4) is 5.75 Å². The number of rotatable bonds is 7. The van der Waals surface area contributed by atoms with Crippen LogP contribution >= 0.6 is 0 Å². The van der Waals surface area contributed by atoms with E-state index in [0.29, 0.717) is 6.54 Å². The van der Waals surface area contributed by atoms with Gasteiger partial charge < -0.3 is 20.5 Å². The molecule has 22 heavy (non-hydrogen) atoms. The van der Waals surface area contributed by atoms with Crippen molar-refractivity contribution in [3.05, 3.63) is 54.6 Å². The highest BCUT2D eigenvalue weighted by molar-refractivity contribution is 5.88. The Balaban J connectivity index is 1.73. The Morgan fingerprint density at radius 1 is 1.18 bits per heavy atom. The van der Waals surface area contributed by atoms with Gasteiger partial charge in [-0.25, -0.2) is 0 Å². The average molecular weight is 301 g/mol. The molecule has 0 saturated heterocycles. The fourth-order valence-electron chi connectivity index (χ4n) is 1.96. The first-order valence-electron chi connectivity index (χ1n) is 7.20. The zero-order valence-corrected chi connectivity index (χ0v) is 12.5. The Morgan fingerprint density at radius 3 is 2.50 bits per heavy atom. The van der Waals surface area contributed by atoms with Gasteiger partial charge in [0.25, 0.3) is 0 Å². The molecule has 0 fully saturated rings. The zero-order valence-electron chi connectivity index (χ0n) is 12.5. The van der Waals surface area contributed by atoms with Crippen molar-refractivity contribution >= 4 is 17.3 Å². The number of carbonyl (C=O) groups excluding carboxylic acids is 1. The van der Waals surface area contributed by atoms with Crippen molar-refractivity contribution in [1.29, 1.82) is 0 Å². The highest BCUT2D eigenvalue weighted by Crippen LogP contribution is 2.10. The first-order chi connectivity index (χ1) is 10.6. The number of hydrogen-bond donors (Lipinski definition) is 3. The van der Waals surface area contributed by atoms with Gasteiger partial charge in [0.2, 0.25) is 5.91 Å². The largest absolute Gasteiger partial charge is 0.491 e. The lowest BCUT2D eigenvalue weighted by Gasteiger charge is -2.11. The summed E-state index contributed by atoms with van der Waals surface area (Å²) in [5, 5.41) is 14.6. The minimum atomic E-state index is -0.560. The Hall–Kier alpha value is -2.37. The molecule has 2 rings (SSSR count). The summed E-state index contributed by atoms with van der Waals surface area (Å²) in [4.78, 5) is 10.9. The Bertz CT molecular complexity index is 585. The summed E-state index contributed by atoms with van der Waals surface area (Å²) in [5.41, 5.74) is 1.76. The number of aliphatic hydroxyl groups is 1. The first kappa shape index (κ1) is 16.0. The molecule has 116 valence electrons. The Labute approximate surface area is 129 Å². The van der Waals surface area contributed by atoms with E-state index in [1.807, 2.05) is 59.9 Å². The van der Waals surface area contributed by atoms with E-state index in [1.54, 1.807) is 0 Å². The van der Waals surface area contributed by atoms with E-state index in [9.17, 15) is 9.90 Å². The second kappa shape index (κ2) is 8.17. The molecule has 0 aliphatic heterocycles. The van der Waals surface area contributed by atoms with Crippen LogP contribution in [0.5, 0.6) is 5.75 Å². The summed E-state index contributed by atoms with van der Waals surface area (Å²) < 4.78 is 5.50. The predicted molar refractivity (Wildman–Crippen MR) is 85.1 cm³/mol. The highest BCUT2D eigenvalue weighted by atomic mass is 16.5. The van der Waals surface area contributed by atoms with E-state index in [-0.39, 0.29) is 12.5 Å². The maximum atomic E-state index is 10.9. The van der Waals surface area contributed by atoms with Crippen LogP contribution in [-0.4, -0.2) is 30.3 Å². The highest BCUT2D eigenvalue weighted by Gasteiger charge is 2.08. The number of quaternary nitrogens is 1. The van der Waals surface area contributed by atoms with Crippen LogP contribution in [0.25, 0.3) is 0 Å². The number of hydrogen-bond acceptors (Lipinski definition) is 3. The summed E-state index contributed by atoms with van der Waals surface area (Å²) in [6.45, 7) is 2.24. The molecule has 0 saturated carbocycles. The number of aliphatic hydroxyl groups excluding tert-OH is 1. The van der Waals surface area contributed by atoms with Crippen LogP contribution in [0.4, 0.5) is 11.4 Å². The third-order valence-corrected chi connectivity index (χ3v) is 3.04. The van der Waals surface area contributed by atoms with E-state index in [2.05, 4.69) is 5.32 Å². The van der Waals surface area contributed by atoms with Gasteiger partial charge in [0, 0.05) is 24.7 Å². The van der Waals surface area contributed by atoms with Crippen molar-refractivity contribution in [2.45, 2.75) is 13.0 Å². The molecule has 0 radical (unpaired) electrons. The molecule has 5 nitrogen and oxygen atoms in total. The maximum absolute atomic E-state index is 10.9. The van der Waals surface area contributed by atoms with Gasteiger partial charge in [0.15, 0.2) is 0 Å². The SMILES string of the molecule is CC(=O)Nc1ccc([NH2+]CC(O)COc2ccccc2)cc1. The molecular formula is C17H21N2O3+. The first-order valence-corrected chi connectivity index (χ1v) is 7.20. The average Bonchev–Trinajstić information content (AvgIpc) is 2.53. The van der Waals surface area contributed by atoms with Gasteiger partial charge in [-0.15, -0.1) is 0 Å². The molecule has 0 aliphatic carbocycles. The molecule has 0 aromatic heterocycles. The normalized spacial score (nSPS) is 11.7. The van der Waals surface area contributed by atoms with Crippen LogP contribution in [0.1, 0.15) is 6.92 Å². The fraction of sp³-hybridized carbons (Fsp3) is 0.235. The van der Waals surface area contributed by atoms with Crippen LogP contribution in [0.3, 0.4) is 0 Å². The van der Waals surface area contributed by atoms with Crippen LogP contribution in [-0.2, 0) is 4.79 Å². The second-order valence-corrected chi connectivity index (χ2v) is 5.02. The topological polar surface area (TPSA) is 75.2 Å². The monoisotopic (exact) mass is 301 g/mol. The number of nitrogens with one attached hydrogen (secondary N) is 1. The minimum absolute atomic E-state index is 0.0924. The van der Waals surface area contributed by atoms with Crippen molar-refractivity contribution < 1.29 is 20.0 Å². The summed E-state index contributed by atoms with van der Waals surface area (Å²) in [6.07, 6.45) is -0.560. The van der Waals surface area contributed by atoms with Crippen molar-refractivity contribution in [2.24, 2.45) is 0 Å². The molecule has 2 aromatic carbocycles. The fourth-order valence-corrected chi connectivity index (χ4v) is 1.96. The van der Waals surface area contributed by atoms with E-state index in [0.717, 1.165) is 17.1 Å². The molecule has 0 heterocycles. The lowest BCUT2D eigenvalue weighted by Crippen LogP contribution is -2.80. The molecule has 0 bridgehead atoms. The van der Waals surface area contributed by atoms with Crippen LogP contribution < -0.4 is 15.4 Å². The molecule has 4 N–H and O–H groups in total. The summed E-state index contributed by atoms with van der Waals surface area (Å²) in [5.74, 6) is 0.659. The third-order valence-electron chi connectivity index (χ3n) is 3.04. The smallest absolute Gasteiger partial charge is 0.221 e. The standard InChI is InChI=1S/C17H20N2O3/c1-13(20)19-15-9-7-14(8-10-15)18-11-16(21)12-22-17-5-3-2-4-6-17/h2-10,16,18,21H,11-12H2,1H3,(H,19,20)/p+1. The van der Waals surface area contributed by atoms with Crippen LogP contribution in [0.2, 0.25) is 0 Å². The summed E-state index contributed by atoms with van der Waals surface area (Å²) in [6, 6.07) is 16.9. The number of amides is 1. The van der Waals surface area contributed by atoms with Crippen molar-refractivity contribution in [3.63, 3.8) is 0 Å². The second-order valence-electron chi connectivity index (χ2n) is 5.02. The van der Waals surface area contributed by atoms with Gasteiger partial charge in [0.05, 0.1) is 0 Å². The number of para-hydroxylation sites is 1. The molecule has 2 aromatic rings. The molecule has 1 amide bonds. The van der Waals surface area contributed by atoms with E-state index < -0.39 is 6.10 Å². The minimum Gasteiger partial charge on any atom is -0.491 e. The molecule has 0 aliphatic rings. The van der Waals surface area contributed by atoms with Gasteiger partial charge in [-0.1, -0.05) is 18.2 Å². The number of carbonyl (C=O) groups is 1. The molecule has 1 atom stereocenters. The Morgan fingerprint density at radius 2 is 1.86 bits per heavy atom. The van der Waals surface area contributed by atoms with E-state index >= 15 is 0 Å². The number of ether oxygens (including phenoxy) is 1. The van der Waals surface area contributed by atoms with Crippen molar-refractivity contribution in [1.82, 2.24) is 0 Å². The van der Waals surface area contributed by atoms with Gasteiger partial charge in [-0.3, -0.25) is 4.79 Å². The summed E-state index contributed by atoms with van der Waals surface area (Å²) in [7, 11) is 0. The van der Waals surface area contributed by atoms with Gasteiger partial charge in [-0.2, -0.15) is 0 Å². The zero-order chi connectivity index (χ0) is 15.8. The van der Waals surface area contributed by atoms with E-state index in [1.165, 1.54) is 6.92 Å². The van der Waals surface area contributed by atoms with Crippen LogP contribution in [0.15, 0.2) is 54.6 Å². The van der Waals surface area contributed by atoms with E-state index in [4.69, 9.17) is 4.74 Å². The van der Waals surface area contributed by atoms with Gasteiger partial charge in [0.1, 0.15) is 30.7 Å². The number of benzene rings is 2. The molecule has 5 heteroatoms. The number of anilines is 1. The third kappa shape index (κ3) is 5.55. The van der Waals surface area contributed by atoms with Gasteiger partial charge in [-0.05, 0) is 24.3 Å². The predicted octanol–water partition coefficient (Wildman–Crippen LogP) is 1.28. The maximum Gasteiger partial charge on any atom is 0.221 e. The quantitative estimate of drug-likeness (QED) is 0.674. The Kier molecular flexibility index (Phi) is 5.94. The molecule has 0 spiro atoms. The molecular weight excluding hydrogens is 280 g/mol. The number of nitrogens with two attached hydrogens (primary N) is 1. The molecule has 1 unspecified atom stereocenters. The van der Waals surface area contributed by atoms with Crippen molar-refractivity contribution in [2.75, 3.05) is 18.5 Å². The lowest BCUT2D eigenvalue weighted by atomic mass is 10.2. The van der Waals surface area contributed by atoms with Gasteiger partial charge >= 0.3 is 0 Å².